The monoisotopic (exact) mass is 409 g/mol. The summed E-state index contributed by atoms with van der Waals surface area (Å²) in [6.07, 6.45) is 1.01. The van der Waals surface area contributed by atoms with Gasteiger partial charge in [0, 0.05) is 17.6 Å². The second kappa shape index (κ2) is 8.76. The Morgan fingerprint density at radius 3 is 2.48 bits per heavy atom. The molecule has 0 saturated heterocycles. The van der Waals surface area contributed by atoms with Gasteiger partial charge in [-0.1, -0.05) is 37.6 Å². The Kier molecular flexibility index (Phi) is 5.92. The van der Waals surface area contributed by atoms with Crippen LogP contribution in [0.5, 0.6) is 0 Å². The van der Waals surface area contributed by atoms with E-state index >= 15 is 0 Å². The first-order chi connectivity index (χ1) is 14.2. The Labute approximate surface area is 174 Å². The number of anilines is 1. The van der Waals surface area contributed by atoms with E-state index in [-0.39, 0.29) is 0 Å². The van der Waals surface area contributed by atoms with E-state index in [0.29, 0.717) is 28.0 Å². The van der Waals surface area contributed by atoms with E-state index in [9.17, 15) is 0 Å². The van der Waals surface area contributed by atoms with Crippen molar-refractivity contribution in [1.29, 1.82) is 0 Å². The third kappa shape index (κ3) is 4.33. The van der Waals surface area contributed by atoms with Gasteiger partial charge >= 0.3 is 0 Å². The van der Waals surface area contributed by atoms with Crippen molar-refractivity contribution >= 4 is 39.6 Å². The lowest BCUT2D eigenvalue weighted by Gasteiger charge is -2.18. The number of nitrogens with zero attached hydrogens (tertiary/aromatic N) is 4. The zero-order valence-corrected chi connectivity index (χ0v) is 17.4. The van der Waals surface area contributed by atoms with Crippen molar-refractivity contribution in [3.8, 4) is 11.6 Å². The van der Waals surface area contributed by atoms with Gasteiger partial charge in [-0.2, -0.15) is 0 Å². The molecule has 29 heavy (non-hydrogen) atoms. The van der Waals surface area contributed by atoms with Gasteiger partial charge in [0.15, 0.2) is 17.1 Å². The van der Waals surface area contributed by atoms with E-state index in [1.165, 1.54) is 0 Å². The molecule has 2 heterocycles. The lowest BCUT2D eigenvalue weighted by molar-refractivity contribution is 0.303. The number of nitrogens with one attached hydrogen (secondary N) is 1. The number of benzene rings is 2. The molecule has 0 aliphatic rings. The van der Waals surface area contributed by atoms with Gasteiger partial charge in [0.25, 0.3) is 0 Å². The Bertz CT molecular complexity index is 1120. The molecule has 2 aromatic carbocycles. The van der Waals surface area contributed by atoms with Crippen LogP contribution >= 0.6 is 11.6 Å². The number of para-hydroxylation sites is 2. The van der Waals surface area contributed by atoms with Gasteiger partial charge in [-0.3, -0.25) is 0 Å². The molecule has 0 atom stereocenters. The number of hydrogen-bond acceptors (Lipinski definition) is 6. The number of aromatic nitrogens is 3. The van der Waals surface area contributed by atoms with Crippen LogP contribution in [-0.4, -0.2) is 46.0 Å². The molecule has 0 fully saturated rings. The fourth-order valence-electron chi connectivity index (χ4n) is 3.32. The average molecular weight is 410 g/mol. The Morgan fingerprint density at radius 1 is 0.966 bits per heavy atom. The number of hydrogen-bond donors (Lipinski definition) is 1. The van der Waals surface area contributed by atoms with Crippen LogP contribution in [0.1, 0.15) is 20.3 Å². The van der Waals surface area contributed by atoms with Crippen LogP contribution in [0.4, 0.5) is 5.82 Å². The molecule has 0 spiro atoms. The molecule has 4 aromatic rings. The highest BCUT2D eigenvalue weighted by Crippen LogP contribution is 2.30. The van der Waals surface area contributed by atoms with Crippen molar-refractivity contribution in [2.45, 2.75) is 20.3 Å². The van der Waals surface area contributed by atoms with Gasteiger partial charge in [-0.25, -0.2) is 15.0 Å². The van der Waals surface area contributed by atoms with Gasteiger partial charge in [-0.05, 0) is 50.3 Å². The summed E-state index contributed by atoms with van der Waals surface area (Å²) in [4.78, 5) is 16.6. The van der Waals surface area contributed by atoms with Gasteiger partial charge < -0.3 is 14.6 Å². The molecule has 0 aliphatic heterocycles. The first-order valence-corrected chi connectivity index (χ1v) is 10.3. The second-order valence-corrected chi connectivity index (χ2v) is 7.28. The first-order valence-electron chi connectivity index (χ1n) is 9.97. The third-order valence-electron chi connectivity index (χ3n) is 4.96. The van der Waals surface area contributed by atoms with Gasteiger partial charge in [0.2, 0.25) is 5.89 Å². The summed E-state index contributed by atoms with van der Waals surface area (Å²) in [7, 11) is 0. The minimum atomic E-state index is 0.437. The molecule has 0 aliphatic carbocycles. The predicted molar refractivity (Wildman–Crippen MR) is 118 cm³/mol. The van der Waals surface area contributed by atoms with Crippen molar-refractivity contribution in [3.63, 3.8) is 0 Å². The van der Waals surface area contributed by atoms with Crippen molar-refractivity contribution in [3.05, 3.63) is 47.5 Å². The summed E-state index contributed by atoms with van der Waals surface area (Å²) >= 11 is 6.09. The van der Waals surface area contributed by atoms with Crippen LogP contribution in [-0.2, 0) is 0 Å². The normalized spacial score (nSPS) is 11.6. The molecule has 7 heteroatoms. The predicted octanol–water partition coefficient (Wildman–Crippen LogP) is 5.24. The Balaban J connectivity index is 1.66. The molecular weight excluding hydrogens is 386 g/mol. The highest BCUT2D eigenvalue weighted by atomic mass is 35.5. The van der Waals surface area contributed by atoms with Crippen molar-refractivity contribution in [2.24, 2.45) is 0 Å². The lowest BCUT2D eigenvalue weighted by atomic mass is 10.2. The summed E-state index contributed by atoms with van der Waals surface area (Å²) in [5.74, 6) is 1.12. The van der Waals surface area contributed by atoms with E-state index < -0.39 is 0 Å². The molecule has 1 N–H and O–H groups in total. The maximum atomic E-state index is 6.09. The van der Waals surface area contributed by atoms with Crippen LogP contribution in [0, 0.1) is 0 Å². The molecule has 0 radical (unpaired) electrons. The standard InChI is InChI=1S/C22H24ClN5O/c1-3-28(4-2)13-7-12-24-21-20(25-16-8-5-6-9-17(16)26-21)22-27-18-11-10-15(23)14-19(18)29-22/h5-6,8-11,14H,3-4,7,12-13H2,1-2H3,(H,24,26). The number of oxazole rings is 1. The largest absolute Gasteiger partial charge is 0.435 e. The second-order valence-electron chi connectivity index (χ2n) is 6.85. The summed E-state index contributed by atoms with van der Waals surface area (Å²) in [5, 5.41) is 4.05. The van der Waals surface area contributed by atoms with E-state index in [1.54, 1.807) is 12.1 Å². The highest BCUT2D eigenvalue weighted by Gasteiger charge is 2.17. The van der Waals surface area contributed by atoms with E-state index in [2.05, 4.69) is 29.0 Å². The number of fused-ring (bicyclic) bond motifs is 2. The Morgan fingerprint density at radius 2 is 1.72 bits per heavy atom. The van der Waals surface area contributed by atoms with E-state index in [1.807, 2.05) is 30.3 Å². The molecule has 0 unspecified atom stereocenters. The summed E-state index contributed by atoms with van der Waals surface area (Å²) < 4.78 is 5.96. The summed E-state index contributed by atoms with van der Waals surface area (Å²) in [6, 6.07) is 13.2. The topological polar surface area (TPSA) is 67.1 Å². The van der Waals surface area contributed by atoms with Gasteiger partial charge in [-0.15, -0.1) is 0 Å². The fraction of sp³-hybridized carbons (Fsp3) is 0.318. The molecule has 4 rings (SSSR count). The highest BCUT2D eigenvalue weighted by molar-refractivity contribution is 6.31. The van der Waals surface area contributed by atoms with Crippen molar-refractivity contribution in [1.82, 2.24) is 19.9 Å². The number of rotatable bonds is 8. The molecule has 0 saturated carbocycles. The molecule has 2 aromatic heterocycles. The lowest BCUT2D eigenvalue weighted by Crippen LogP contribution is -2.25. The van der Waals surface area contributed by atoms with Crippen LogP contribution in [0.2, 0.25) is 5.02 Å². The zero-order chi connectivity index (χ0) is 20.2. The molecule has 6 nitrogen and oxygen atoms in total. The molecule has 0 amide bonds. The fourth-order valence-corrected chi connectivity index (χ4v) is 3.48. The number of halogens is 1. The SMILES string of the molecule is CCN(CC)CCCNc1nc2ccccc2nc1-c1nc2ccc(Cl)cc2o1. The minimum Gasteiger partial charge on any atom is -0.435 e. The zero-order valence-electron chi connectivity index (χ0n) is 16.7. The van der Waals surface area contributed by atoms with Crippen molar-refractivity contribution < 1.29 is 4.42 Å². The maximum Gasteiger partial charge on any atom is 0.250 e. The minimum absolute atomic E-state index is 0.437. The third-order valence-corrected chi connectivity index (χ3v) is 5.20. The maximum absolute atomic E-state index is 6.09. The van der Waals surface area contributed by atoms with Gasteiger partial charge in [0.05, 0.1) is 11.0 Å². The Hall–Kier alpha value is -2.70. The summed E-state index contributed by atoms with van der Waals surface area (Å²) in [5.41, 5.74) is 3.62. The average Bonchev–Trinajstić information content (AvgIpc) is 3.16. The van der Waals surface area contributed by atoms with Gasteiger partial charge in [0.1, 0.15) is 5.52 Å². The smallest absolute Gasteiger partial charge is 0.250 e. The molecule has 150 valence electrons. The quantitative estimate of drug-likeness (QED) is 0.401. The van der Waals surface area contributed by atoms with Crippen molar-refractivity contribution in [2.75, 3.05) is 31.5 Å². The van der Waals surface area contributed by atoms with Crippen LogP contribution in [0.25, 0.3) is 33.7 Å². The van der Waals surface area contributed by atoms with Crippen LogP contribution < -0.4 is 5.32 Å². The van der Waals surface area contributed by atoms with E-state index in [0.717, 1.165) is 49.1 Å². The summed E-state index contributed by atoms with van der Waals surface area (Å²) in [6.45, 7) is 8.32. The molecule has 0 bridgehead atoms. The molecular formula is C22H24ClN5O. The van der Waals surface area contributed by atoms with E-state index in [4.69, 9.17) is 26.0 Å². The van der Waals surface area contributed by atoms with Crippen LogP contribution in [0.15, 0.2) is 46.9 Å². The van der Waals surface area contributed by atoms with Crippen LogP contribution in [0.3, 0.4) is 0 Å². The first kappa shape index (κ1) is 19.6.